The van der Waals surface area contributed by atoms with Crippen LogP contribution >= 0.6 is 11.8 Å². The Morgan fingerprint density at radius 3 is 2.21 bits per heavy atom. The van der Waals surface area contributed by atoms with E-state index < -0.39 is 0 Å². The van der Waals surface area contributed by atoms with Crippen molar-refractivity contribution in [1.82, 2.24) is 5.32 Å². The average Bonchev–Trinajstić information content (AvgIpc) is 2.16. The highest BCUT2D eigenvalue weighted by molar-refractivity contribution is 7.99. The first-order valence-electron chi connectivity index (χ1n) is 5.96. The van der Waals surface area contributed by atoms with Gasteiger partial charge in [-0.2, -0.15) is 11.8 Å². The minimum absolute atomic E-state index is 0.689. The standard InChI is InChI=1S/C12H27NS/c1-6-8-13-12(10(3)4)9-14-11(5)7-2/h10-13H,6-9H2,1-5H3. The SMILES string of the molecule is CCCNC(CSC(C)CC)C(C)C. The molecule has 14 heavy (non-hydrogen) atoms. The van der Waals surface area contributed by atoms with Crippen molar-refractivity contribution in [3.63, 3.8) is 0 Å². The molecule has 0 amide bonds. The predicted octanol–water partition coefficient (Wildman–Crippen LogP) is 3.54. The lowest BCUT2D eigenvalue weighted by Crippen LogP contribution is -2.36. The lowest BCUT2D eigenvalue weighted by molar-refractivity contribution is 0.433. The molecular formula is C12H27NS. The summed E-state index contributed by atoms with van der Waals surface area (Å²) in [6, 6.07) is 0.689. The van der Waals surface area contributed by atoms with E-state index in [-0.39, 0.29) is 0 Å². The lowest BCUT2D eigenvalue weighted by Gasteiger charge is -2.23. The van der Waals surface area contributed by atoms with Gasteiger partial charge in [0.25, 0.3) is 0 Å². The normalized spacial score (nSPS) is 15.9. The monoisotopic (exact) mass is 217 g/mol. The Bertz CT molecular complexity index is 125. The van der Waals surface area contributed by atoms with Gasteiger partial charge in [0.2, 0.25) is 0 Å². The summed E-state index contributed by atoms with van der Waals surface area (Å²) in [7, 11) is 0. The fraction of sp³-hybridized carbons (Fsp3) is 1.00. The van der Waals surface area contributed by atoms with Crippen molar-refractivity contribution in [2.75, 3.05) is 12.3 Å². The molecule has 1 N–H and O–H groups in total. The van der Waals surface area contributed by atoms with Gasteiger partial charge in [-0.3, -0.25) is 0 Å². The maximum Gasteiger partial charge on any atom is 0.0181 e. The van der Waals surface area contributed by atoms with E-state index in [1.165, 1.54) is 18.6 Å². The van der Waals surface area contributed by atoms with E-state index in [0.29, 0.717) is 6.04 Å². The highest BCUT2D eigenvalue weighted by Gasteiger charge is 2.13. The second-order valence-corrected chi connectivity index (χ2v) is 5.83. The topological polar surface area (TPSA) is 12.0 Å². The summed E-state index contributed by atoms with van der Waals surface area (Å²) in [6.07, 6.45) is 2.51. The highest BCUT2D eigenvalue weighted by Crippen LogP contribution is 2.17. The molecule has 0 radical (unpaired) electrons. The molecule has 1 nitrogen and oxygen atoms in total. The fourth-order valence-corrected chi connectivity index (χ4v) is 2.48. The summed E-state index contributed by atoms with van der Waals surface area (Å²) < 4.78 is 0. The van der Waals surface area contributed by atoms with Gasteiger partial charge in [-0.1, -0.05) is 34.6 Å². The Labute approximate surface area is 94.4 Å². The first-order chi connectivity index (χ1) is 6.61. The van der Waals surface area contributed by atoms with Crippen LogP contribution in [0, 0.1) is 5.92 Å². The molecule has 0 saturated carbocycles. The van der Waals surface area contributed by atoms with Crippen LogP contribution in [-0.4, -0.2) is 23.6 Å². The molecule has 0 spiro atoms. The summed E-state index contributed by atoms with van der Waals surface area (Å²) in [6.45, 7) is 12.6. The van der Waals surface area contributed by atoms with Crippen molar-refractivity contribution in [1.29, 1.82) is 0 Å². The molecule has 0 heterocycles. The minimum atomic E-state index is 0.689. The molecule has 0 aromatic carbocycles. The predicted molar refractivity (Wildman–Crippen MR) is 69.1 cm³/mol. The summed E-state index contributed by atoms with van der Waals surface area (Å²) in [5.41, 5.74) is 0. The third-order valence-electron chi connectivity index (χ3n) is 2.60. The first-order valence-corrected chi connectivity index (χ1v) is 7.01. The average molecular weight is 217 g/mol. The van der Waals surface area contributed by atoms with Gasteiger partial charge in [0, 0.05) is 17.0 Å². The van der Waals surface area contributed by atoms with E-state index in [2.05, 4.69) is 51.7 Å². The summed E-state index contributed by atoms with van der Waals surface area (Å²) >= 11 is 2.10. The van der Waals surface area contributed by atoms with Crippen LogP contribution in [0.5, 0.6) is 0 Å². The van der Waals surface area contributed by atoms with Crippen LogP contribution in [-0.2, 0) is 0 Å². The molecule has 0 fully saturated rings. The van der Waals surface area contributed by atoms with E-state index in [1.54, 1.807) is 0 Å². The van der Waals surface area contributed by atoms with Gasteiger partial charge in [-0.25, -0.2) is 0 Å². The zero-order chi connectivity index (χ0) is 11.0. The van der Waals surface area contributed by atoms with Gasteiger partial charge in [0.1, 0.15) is 0 Å². The highest BCUT2D eigenvalue weighted by atomic mass is 32.2. The maximum absolute atomic E-state index is 3.63. The van der Waals surface area contributed by atoms with E-state index in [0.717, 1.165) is 17.7 Å². The molecule has 86 valence electrons. The van der Waals surface area contributed by atoms with Crippen LogP contribution in [0.4, 0.5) is 0 Å². The molecule has 0 saturated heterocycles. The first kappa shape index (κ1) is 14.3. The van der Waals surface area contributed by atoms with E-state index in [4.69, 9.17) is 0 Å². The van der Waals surface area contributed by atoms with Crippen molar-refractivity contribution in [3.8, 4) is 0 Å². The van der Waals surface area contributed by atoms with Gasteiger partial charge in [-0.15, -0.1) is 0 Å². The van der Waals surface area contributed by atoms with E-state index >= 15 is 0 Å². The van der Waals surface area contributed by atoms with Crippen molar-refractivity contribution in [2.24, 2.45) is 5.92 Å². The van der Waals surface area contributed by atoms with Crippen molar-refractivity contribution in [3.05, 3.63) is 0 Å². The molecule has 0 aromatic rings. The molecule has 0 aliphatic rings. The Hall–Kier alpha value is 0.310. The number of rotatable bonds is 8. The third-order valence-corrected chi connectivity index (χ3v) is 4.05. The second kappa shape index (κ2) is 8.60. The van der Waals surface area contributed by atoms with Crippen LogP contribution in [0.3, 0.4) is 0 Å². The van der Waals surface area contributed by atoms with Gasteiger partial charge in [0.05, 0.1) is 0 Å². The van der Waals surface area contributed by atoms with Crippen molar-refractivity contribution in [2.45, 2.75) is 58.8 Å². The van der Waals surface area contributed by atoms with Gasteiger partial charge in [-0.05, 0) is 25.3 Å². The van der Waals surface area contributed by atoms with E-state index in [9.17, 15) is 0 Å². The molecule has 0 bridgehead atoms. The summed E-state index contributed by atoms with van der Waals surface area (Å²) in [5, 5.41) is 4.43. The minimum Gasteiger partial charge on any atom is -0.313 e. The van der Waals surface area contributed by atoms with Crippen LogP contribution in [0.1, 0.15) is 47.5 Å². The summed E-state index contributed by atoms with van der Waals surface area (Å²) in [4.78, 5) is 0. The maximum atomic E-state index is 3.63. The Morgan fingerprint density at radius 1 is 1.14 bits per heavy atom. The number of hydrogen-bond donors (Lipinski definition) is 1. The van der Waals surface area contributed by atoms with Crippen LogP contribution < -0.4 is 5.32 Å². The molecule has 2 unspecified atom stereocenters. The van der Waals surface area contributed by atoms with Gasteiger partial charge < -0.3 is 5.32 Å². The molecule has 0 aromatic heterocycles. The number of hydrogen-bond acceptors (Lipinski definition) is 2. The van der Waals surface area contributed by atoms with Gasteiger partial charge >= 0.3 is 0 Å². The van der Waals surface area contributed by atoms with E-state index in [1.807, 2.05) is 0 Å². The summed E-state index contributed by atoms with van der Waals surface area (Å²) in [5.74, 6) is 2.00. The molecule has 2 heteroatoms. The second-order valence-electron chi connectivity index (χ2n) is 4.36. The third kappa shape index (κ3) is 6.72. The van der Waals surface area contributed by atoms with Crippen molar-refractivity contribution >= 4 is 11.8 Å². The molecule has 0 rings (SSSR count). The molecule has 0 aliphatic heterocycles. The lowest BCUT2D eigenvalue weighted by atomic mass is 10.1. The fourth-order valence-electron chi connectivity index (χ4n) is 1.20. The Morgan fingerprint density at radius 2 is 1.79 bits per heavy atom. The Kier molecular flexibility index (Phi) is 8.80. The zero-order valence-corrected chi connectivity index (χ0v) is 11.3. The van der Waals surface area contributed by atoms with Crippen LogP contribution in [0.25, 0.3) is 0 Å². The molecular weight excluding hydrogens is 190 g/mol. The number of thioether (sulfide) groups is 1. The van der Waals surface area contributed by atoms with Crippen molar-refractivity contribution < 1.29 is 0 Å². The zero-order valence-electron chi connectivity index (χ0n) is 10.5. The number of nitrogens with one attached hydrogen (secondary N) is 1. The Balaban J connectivity index is 3.73. The van der Waals surface area contributed by atoms with Gasteiger partial charge in [0.15, 0.2) is 0 Å². The quantitative estimate of drug-likeness (QED) is 0.667. The van der Waals surface area contributed by atoms with Crippen LogP contribution in [0.15, 0.2) is 0 Å². The van der Waals surface area contributed by atoms with Crippen LogP contribution in [0.2, 0.25) is 0 Å². The smallest absolute Gasteiger partial charge is 0.0181 e. The molecule has 0 aliphatic carbocycles. The largest absolute Gasteiger partial charge is 0.313 e. The molecule has 2 atom stereocenters.